The Morgan fingerprint density at radius 1 is 1.26 bits per heavy atom. The van der Waals surface area contributed by atoms with Gasteiger partial charge in [0.15, 0.2) is 11.5 Å². The molecular weight excluding hydrogens is 312 g/mol. The zero-order chi connectivity index (χ0) is 16.1. The molecule has 0 fully saturated rings. The van der Waals surface area contributed by atoms with Gasteiger partial charge in [0.1, 0.15) is 0 Å². The molecule has 2 N–H and O–H groups in total. The maximum absolute atomic E-state index is 12.0. The number of fused-ring (bicyclic) bond motifs is 1. The predicted octanol–water partition coefficient (Wildman–Crippen LogP) is 3.47. The molecule has 1 atom stereocenters. The van der Waals surface area contributed by atoms with E-state index in [1.165, 1.54) is 0 Å². The number of hydrogen-bond donors (Lipinski definition) is 2. The zero-order valence-corrected chi connectivity index (χ0v) is 13.8. The average Bonchev–Trinajstić information content (AvgIpc) is 2.96. The molecule has 6 heteroatoms. The van der Waals surface area contributed by atoms with Gasteiger partial charge in [0.25, 0.3) is 0 Å². The van der Waals surface area contributed by atoms with E-state index in [9.17, 15) is 4.79 Å². The number of urea groups is 1. The third-order valence-corrected chi connectivity index (χ3v) is 4.50. The molecule has 1 aliphatic rings. The summed E-state index contributed by atoms with van der Waals surface area (Å²) in [6.45, 7) is 3.81. The lowest BCUT2D eigenvalue weighted by molar-refractivity contribution is 0.237. The summed E-state index contributed by atoms with van der Waals surface area (Å²) in [7, 11) is 0. The van der Waals surface area contributed by atoms with Crippen molar-refractivity contribution in [3.05, 3.63) is 46.2 Å². The Kier molecular flexibility index (Phi) is 5.02. The van der Waals surface area contributed by atoms with Crippen LogP contribution in [0.5, 0.6) is 11.5 Å². The SMILES string of the molecule is C[C@@H](NC(=O)NCc1cccs1)c1ccc2c(c1)OCCCO2. The molecule has 0 unspecified atom stereocenters. The first kappa shape index (κ1) is 15.7. The minimum Gasteiger partial charge on any atom is -0.490 e. The molecular formula is C17H20N2O3S. The summed E-state index contributed by atoms with van der Waals surface area (Å²) in [4.78, 5) is 13.1. The molecule has 0 saturated heterocycles. The van der Waals surface area contributed by atoms with Gasteiger partial charge in [0.05, 0.1) is 25.8 Å². The molecule has 0 bridgehead atoms. The van der Waals surface area contributed by atoms with Gasteiger partial charge in [-0.2, -0.15) is 0 Å². The van der Waals surface area contributed by atoms with E-state index in [-0.39, 0.29) is 12.1 Å². The second-order valence-corrected chi connectivity index (χ2v) is 6.42. The maximum atomic E-state index is 12.0. The third kappa shape index (κ3) is 4.16. The largest absolute Gasteiger partial charge is 0.490 e. The van der Waals surface area contributed by atoms with Gasteiger partial charge in [-0.05, 0) is 36.1 Å². The molecule has 0 spiro atoms. The summed E-state index contributed by atoms with van der Waals surface area (Å²) >= 11 is 1.62. The highest BCUT2D eigenvalue weighted by Gasteiger charge is 2.15. The van der Waals surface area contributed by atoms with Gasteiger partial charge in [-0.15, -0.1) is 11.3 Å². The summed E-state index contributed by atoms with van der Waals surface area (Å²) in [5.41, 5.74) is 0.987. The fraction of sp³-hybridized carbons (Fsp3) is 0.353. The van der Waals surface area contributed by atoms with E-state index in [1.54, 1.807) is 11.3 Å². The second kappa shape index (κ2) is 7.37. The van der Waals surface area contributed by atoms with Crippen LogP contribution in [0.25, 0.3) is 0 Å². The molecule has 3 rings (SSSR count). The van der Waals surface area contributed by atoms with Crippen LogP contribution in [0.2, 0.25) is 0 Å². The molecule has 0 saturated carbocycles. The number of carbonyl (C=O) groups is 1. The van der Waals surface area contributed by atoms with Gasteiger partial charge in [-0.25, -0.2) is 4.79 Å². The van der Waals surface area contributed by atoms with Gasteiger partial charge in [-0.1, -0.05) is 12.1 Å². The first-order valence-corrected chi connectivity index (χ1v) is 8.56. The predicted molar refractivity (Wildman–Crippen MR) is 90.2 cm³/mol. The van der Waals surface area contributed by atoms with Crippen molar-refractivity contribution < 1.29 is 14.3 Å². The van der Waals surface area contributed by atoms with Crippen LogP contribution in [0.1, 0.15) is 29.8 Å². The number of carbonyl (C=O) groups excluding carboxylic acids is 1. The third-order valence-electron chi connectivity index (χ3n) is 3.62. The van der Waals surface area contributed by atoms with Crippen molar-refractivity contribution in [1.82, 2.24) is 10.6 Å². The summed E-state index contributed by atoms with van der Waals surface area (Å²) in [5, 5.41) is 7.80. The van der Waals surface area contributed by atoms with Crippen LogP contribution in [0, 0.1) is 0 Å². The molecule has 5 nitrogen and oxygen atoms in total. The molecule has 0 radical (unpaired) electrons. The molecule has 23 heavy (non-hydrogen) atoms. The van der Waals surface area contributed by atoms with E-state index in [4.69, 9.17) is 9.47 Å². The van der Waals surface area contributed by atoms with Crippen molar-refractivity contribution in [2.24, 2.45) is 0 Å². The maximum Gasteiger partial charge on any atom is 0.315 e. The topological polar surface area (TPSA) is 59.6 Å². The summed E-state index contributed by atoms with van der Waals surface area (Å²) in [6.07, 6.45) is 0.878. The van der Waals surface area contributed by atoms with Crippen LogP contribution < -0.4 is 20.1 Å². The monoisotopic (exact) mass is 332 g/mol. The molecule has 1 aliphatic heterocycles. The summed E-state index contributed by atoms with van der Waals surface area (Å²) < 4.78 is 11.3. The Hall–Kier alpha value is -2.21. The van der Waals surface area contributed by atoms with Crippen LogP contribution in [0.4, 0.5) is 4.79 Å². The Labute approximate surface area is 139 Å². The van der Waals surface area contributed by atoms with Gasteiger partial charge < -0.3 is 20.1 Å². The minimum absolute atomic E-state index is 0.115. The number of nitrogens with one attached hydrogen (secondary N) is 2. The van der Waals surface area contributed by atoms with E-state index < -0.39 is 0 Å². The van der Waals surface area contributed by atoms with Gasteiger partial charge >= 0.3 is 6.03 Å². The Balaban J connectivity index is 1.58. The van der Waals surface area contributed by atoms with Gasteiger partial charge in [-0.3, -0.25) is 0 Å². The Morgan fingerprint density at radius 2 is 2.09 bits per heavy atom. The van der Waals surface area contributed by atoms with Crippen molar-refractivity contribution in [3.8, 4) is 11.5 Å². The van der Waals surface area contributed by atoms with Crippen molar-refractivity contribution in [1.29, 1.82) is 0 Å². The lowest BCUT2D eigenvalue weighted by atomic mass is 10.1. The van der Waals surface area contributed by atoms with E-state index in [2.05, 4.69) is 10.6 Å². The van der Waals surface area contributed by atoms with Crippen LogP contribution in [0.3, 0.4) is 0 Å². The molecule has 1 aromatic carbocycles. The average molecular weight is 332 g/mol. The fourth-order valence-corrected chi connectivity index (χ4v) is 3.01. The number of rotatable bonds is 4. The van der Waals surface area contributed by atoms with Crippen molar-refractivity contribution >= 4 is 17.4 Å². The highest BCUT2D eigenvalue weighted by molar-refractivity contribution is 7.09. The first-order chi connectivity index (χ1) is 11.2. The highest BCUT2D eigenvalue weighted by atomic mass is 32.1. The Morgan fingerprint density at radius 3 is 2.87 bits per heavy atom. The standard InChI is InChI=1S/C17H20N2O3S/c1-12(19-17(20)18-11-14-4-2-9-23-14)13-5-6-15-16(10-13)22-8-3-7-21-15/h2,4-6,9-10,12H,3,7-8,11H2,1H3,(H2,18,19,20)/t12-/m1/s1. The fourth-order valence-electron chi connectivity index (χ4n) is 2.36. The van der Waals surface area contributed by atoms with Crippen LogP contribution in [0.15, 0.2) is 35.7 Å². The van der Waals surface area contributed by atoms with E-state index in [0.29, 0.717) is 19.8 Å². The van der Waals surface area contributed by atoms with Crippen LogP contribution >= 0.6 is 11.3 Å². The van der Waals surface area contributed by atoms with Gasteiger partial charge in [0.2, 0.25) is 0 Å². The number of thiophene rings is 1. The first-order valence-electron chi connectivity index (χ1n) is 7.68. The lowest BCUT2D eigenvalue weighted by Gasteiger charge is -2.16. The number of hydrogen-bond acceptors (Lipinski definition) is 4. The van der Waals surface area contributed by atoms with Crippen LogP contribution in [-0.2, 0) is 6.54 Å². The molecule has 0 aliphatic carbocycles. The number of ether oxygens (including phenoxy) is 2. The summed E-state index contributed by atoms with van der Waals surface area (Å²) in [6, 6.07) is 9.46. The quantitative estimate of drug-likeness (QED) is 0.901. The molecule has 1 aromatic heterocycles. The summed E-state index contributed by atoms with van der Waals surface area (Å²) in [5.74, 6) is 1.51. The minimum atomic E-state index is -0.182. The van der Waals surface area contributed by atoms with Crippen molar-refractivity contribution in [2.45, 2.75) is 25.9 Å². The smallest absolute Gasteiger partial charge is 0.315 e. The van der Waals surface area contributed by atoms with Gasteiger partial charge in [0, 0.05) is 11.3 Å². The highest BCUT2D eigenvalue weighted by Crippen LogP contribution is 2.32. The molecule has 2 heterocycles. The Bertz CT molecular complexity index is 658. The molecule has 122 valence electrons. The number of benzene rings is 1. The lowest BCUT2D eigenvalue weighted by Crippen LogP contribution is -2.36. The van der Waals surface area contributed by atoms with Crippen molar-refractivity contribution in [3.63, 3.8) is 0 Å². The normalized spacial score (nSPS) is 14.7. The zero-order valence-electron chi connectivity index (χ0n) is 13.0. The van der Waals surface area contributed by atoms with E-state index in [1.807, 2.05) is 42.6 Å². The van der Waals surface area contributed by atoms with Crippen LogP contribution in [-0.4, -0.2) is 19.2 Å². The van der Waals surface area contributed by atoms with E-state index in [0.717, 1.165) is 28.4 Å². The molecule has 2 aromatic rings. The van der Waals surface area contributed by atoms with E-state index >= 15 is 0 Å². The second-order valence-electron chi connectivity index (χ2n) is 5.38. The van der Waals surface area contributed by atoms with Crippen molar-refractivity contribution in [2.75, 3.05) is 13.2 Å². The number of amides is 2. The molecule has 2 amide bonds.